The van der Waals surface area contributed by atoms with E-state index in [-0.39, 0.29) is 23.5 Å². The lowest BCUT2D eigenvalue weighted by Gasteiger charge is -2.60. The summed E-state index contributed by atoms with van der Waals surface area (Å²) in [6, 6.07) is 0. The molecule has 3 heteroatoms. The van der Waals surface area contributed by atoms with Crippen molar-refractivity contribution >= 4 is 5.91 Å². The fraction of sp³-hybridized carbons (Fsp3) is 0.944. The molecule has 3 nitrogen and oxygen atoms in total. The Morgan fingerprint density at radius 3 is 2.29 bits per heavy atom. The van der Waals surface area contributed by atoms with E-state index in [4.69, 9.17) is 0 Å². The van der Waals surface area contributed by atoms with Crippen LogP contribution in [0.5, 0.6) is 0 Å². The van der Waals surface area contributed by atoms with Gasteiger partial charge in [-0.25, -0.2) is 0 Å². The third-order valence-electron chi connectivity index (χ3n) is 7.08. The molecule has 0 saturated heterocycles. The third-order valence-corrected chi connectivity index (χ3v) is 7.08. The van der Waals surface area contributed by atoms with Crippen molar-refractivity contribution < 1.29 is 9.90 Å². The van der Waals surface area contributed by atoms with E-state index in [2.05, 4.69) is 12.2 Å². The first-order chi connectivity index (χ1) is 9.97. The first-order valence-electron chi connectivity index (χ1n) is 8.90. The van der Waals surface area contributed by atoms with Crippen molar-refractivity contribution in [3.8, 4) is 0 Å². The Morgan fingerprint density at radius 2 is 1.76 bits per heavy atom. The molecule has 0 spiro atoms. The number of carbonyl (C=O) groups is 1. The molecule has 1 amide bonds. The van der Waals surface area contributed by atoms with Crippen LogP contribution in [0, 0.1) is 22.7 Å². The highest BCUT2D eigenvalue weighted by Crippen LogP contribution is 2.65. The van der Waals surface area contributed by atoms with E-state index in [9.17, 15) is 9.90 Å². The first-order valence-corrected chi connectivity index (χ1v) is 8.90. The summed E-state index contributed by atoms with van der Waals surface area (Å²) < 4.78 is 0. The molecule has 0 aromatic heterocycles. The lowest BCUT2D eigenvalue weighted by Crippen LogP contribution is -2.61. The number of hydrogen-bond acceptors (Lipinski definition) is 2. The molecule has 5 saturated carbocycles. The largest absolute Gasteiger partial charge is 0.394 e. The molecule has 5 fully saturated rings. The van der Waals surface area contributed by atoms with E-state index in [0.29, 0.717) is 5.41 Å². The molecule has 2 N–H and O–H groups in total. The van der Waals surface area contributed by atoms with Crippen molar-refractivity contribution in [1.29, 1.82) is 0 Å². The number of carbonyl (C=O) groups excluding carboxylic acids is 1. The zero-order valence-corrected chi connectivity index (χ0v) is 13.3. The summed E-state index contributed by atoms with van der Waals surface area (Å²) in [5.74, 6) is 1.82. The Hall–Kier alpha value is -0.570. The average Bonchev–Trinajstić information content (AvgIpc) is 2.85. The summed E-state index contributed by atoms with van der Waals surface area (Å²) in [6.07, 6.45) is 11.5. The maximum absolute atomic E-state index is 13.1. The van der Waals surface area contributed by atoms with Gasteiger partial charge in [0.1, 0.15) is 0 Å². The topological polar surface area (TPSA) is 49.3 Å². The van der Waals surface area contributed by atoms with E-state index in [0.717, 1.165) is 56.8 Å². The molecule has 21 heavy (non-hydrogen) atoms. The van der Waals surface area contributed by atoms with E-state index in [1.165, 1.54) is 19.3 Å². The van der Waals surface area contributed by atoms with Gasteiger partial charge in [-0.3, -0.25) is 4.79 Å². The van der Waals surface area contributed by atoms with Gasteiger partial charge in [0.2, 0.25) is 5.91 Å². The monoisotopic (exact) mass is 291 g/mol. The summed E-state index contributed by atoms with van der Waals surface area (Å²) in [6.45, 7) is 2.52. The Bertz CT molecular complexity index is 438. The van der Waals surface area contributed by atoms with Crippen LogP contribution in [0.1, 0.15) is 71.1 Å². The minimum absolute atomic E-state index is 0.108. The fourth-order valence-corrected chi connectivity index (χ4v) is 6.73. The summed E-state index contributed by atoms with van der Waals surface area (Å²) in [7, 11) is 0. The molecule has 0 aromatic rings. The van der Waals surface area contributed by atoms with Gasteiger partial charge in [-0.15, -0.1) is 0 Å². The Labute approximate surface area is 127 Å². The van der Waals surface area contributed by atoms with Gasteiger partial charge in [0.05, 0.1) is 17.6 Å². The van der Waals surface area contributed by atoms with Gasteiger partial charge >= 0.3 is 0 Å². The predicted octanol–water partition coefficient (Wildman–Crippen LogP) is 3.01. The summed E-state index contributed by atoms with van der Waals surface area (Å²) in [4.78, 5) is 13.1. The Kier molecular flexibility index (Phi) is 2.99. The molecule has 0 heterocycles. The van der Waals surface area contributed by atoms with Crippen LogP contribution >= 0.6 is 0 Å². The van der Waals surface area contributed by atoms with Crippen LogP contribution in [0.25, 0.3) is 0 Å². The second kappa shape index (κ2) is 4.47. The normalized spacial score (nSPS) is 46.8. The fourth-order valence-electron chi connectivity index (χ4n) is 6.73. The van der Waals surface area contributed by atoms with E-state index in [1.807, 2.05) is 0 Å². The zero-order valence-electron chi connectivity index (χ0n) is 13.3. The molecule has 5 rings (SSSR count). The van der Waals surface area contributed by atoms with Crippen molar-refractivity contribution in [1.82, 2.24) is 5.32 Å². The quantitative estimate of drug-likeness (QED) is 0.840. The second-order valence-electron chi connectivity index (χ2n) is 9.15. The lowest BCUT2D eigenvalue weighted by molar-refractivity contribution is -0.157. The van der Waals surface area contributed by atoms with Crippen LogP contribution in [-0.2, 0) is 4.79 Å². The Morgan fingerprint density at radius 1 is 1.14 bits per heavy atom. The molecule has 5 aliphatic rings. The van der Waals surface area contributed by atoms with Gasteiger partial charge in [-0.05, 0) is 68.6 Å². The number of aliphatic hydroxyl groups is 1. The molecular weight excluding hydrogens is 262 g/mol. The standard InChI is InChI=1S/C18H29NO2/c1-16-7-13-6-14(8-16)10-17(9-13,11-16)15(21)19-18(12-20)4-2-3-5-18/h13-14,20H,2-12H2,1H3,(H,19,21). The van der Waals surface area contributed by atoms with Crippen molar-refractivity contribution in [2.45, 2.75) is 76.7 Å². The van der Waals surface area contributed by atoms with Crippen LogP contribution in [0.2, 0.25) is 0 Å². The second-order valence-corrected chi connectivity index (χ2v) is 9.15. The molecule has 2 unspecified atom stereocenters. The molecule has 118 valence electrons. The molecule has 4 bridgehead atoms. The Balaban J connectivity index is 1.56. The van der Waals surface area contributed by atoms with Crippen LogP contribution in [0.3, 0.4) is 0 Å². The van der Waals surface area contributed by atoms with E-state index in [1.54, 1.807) is 0 Å². The number of aliphatic hydroxyl groups excluding tert-OH is 1. The van der Waals surface area contributed by atoms with Crippen molar-refractivity contribution in [2.75, 3.05) is 6.61 Å². The van der Waals surface area contributed by atoms with Gasteiger partial charge in [0.25, 0.3) is 0 Å². The molecule has 5 aliphatic carbocycles. The zero-order chi connectivity index (χ0) is 14.7. The van der Waals surface area contributed by atoms with Crippen LogP contribution < -0.4 is 5.32 Å². The predicted molar refractivity (Wildman–Crippen MR) is 81.6 cm³/mol. The molecular formula is C18H29NO2. The van der Waals surface area contributed by atoms with Crippen molar-refractivity contribution in [3.05, 3.63) is 0 Å². The maximum atomic E-state index is 13.1. The maximum Gasteiger partial charge on any atom is 0.226 e. The van der Waals surface area contributed by atoms with E-state index >= 15 is 0 Å². The number of hydrogen-bond donors (Lipinski definition) is 2. The van der Waals surface area contributed by atoms with Crippen molar-refractivity contribution in [2.24, 2.45) is 22.7 Å². The lowest BCUT2D eigenvalue weighted by atomic mass is 9.44. The summed E-state index contributed by atoms with van der Waals surface area (Å²) in [5.41, 5.74) is -0.00557. The highest BCUT2D eigenvalue weighted by Gasteiger charge is 2.59. The van der Waals surface area contributed by atoms with Crippen LogP contribution in [0.4, 0.5) is 0 Å². The SMILES string of the molecule is CC12CC3CC(C1)CC(C(=O)NC1(CO)CCCC1)(C3)C2. The van der Waals surface area contributed by atoms with Gasteiger partial charge in [0.15, 0.2) is 0 Å². The minimum Gasteiger partial charge on any atom is -0.394 e. The van der Waals surface area contributed by atoms with Crippen LogP contribution in [-0.4, -0.2) is 23.2 Å². The molecule has 0 aromatic carbocycles. The number of amides is 1. The number of rotatable bonds is 3. The highest BCUT2D eigenvalue weighted by molar-refractivity contribution is 5.84. The molecule has 0 radical (unpaired) electrons. The molecule has 2 atom stereocenters. The van der Waals surface area contributed by atoms with E-state index < -0.39 is 0 Å². The summed E-state index contributed by atoms with van der Waals surface area (Å²) >= 11 is 0. The number of nitrogens with one attached hydrogen (secondary N) is 1. The van der Waals surface area contributed by atoms with Crippen molar-refractivity contribution in [3.63, 3.8) is 0 Å². The highest BCUT2D eigenvalue weighted by atomic mass is 16.3. The average molecular weight is 291 g/mol. The van der Waals surface area contributed by atoms with Gasteiger partial charge in [0, 0.05) is 0 Å². The minimum atomic E-state index is -0.304. The van der Waals surface area contributed by atoms with Gasteiger partial charge < -0.3 is 10.4 Å². The third kappa shape index (κ3) is 2.15. The smallest absolute Gasteiger partial charge is 0.226 e. The van der Waals surface area contributed by atoms with Gasteiger partial charge in [-0.1, -0.05) is 19.8 Å². The van der Waals surface area contributed by atoms with Crippen LogP contribution in [0.15, 0.2) is 0 Å². The molecule has 0 aliphatic heterocycles. The first kappa shape index (κ1) is 14.0. The van der Waals surface area contributed by atoms with Gasteiger partial charge in [-0.2, -0.15) is 0 Å². The summed E-state index contributed by atoms with van der Waals surface area (Å²) in [5, 5.41) is 13.1.